The minimum atomic E-state index is -1.04. The summed E-state index contributed by atoms with van der Waals surface area (Å²) >= 11 is 0. The second-order valence-corrected chi connectivity index (χ2v) is 5.25. The van der Waals surface area contributed by atoms with Crippen molar-refractivity contribution in [3.63, 3.8) is 0 Å². The van der Waals surface area contributed by atoms with Gasteiger partial charge in [-0.3, -0.25) is 0 Å². The van der Waals surface area contributed by atoms with Gasteiger partial charge in [0.25, 0.3) is 0 Å². The summed E-state index contributed by atoms with van der Waals surface area (Å²) in [5.41, 5.74) is 0. The van der Waals surface area contributed by atoms with Gasteiger partial charge in [-0.25, -0.2) is 9.59 Å². The highest BCUT2D eigenvalue weighted by Gasteiger charge is 2.23. The smallest absolute Gasteiger partial charge is 0.326 e. The van der Waals surface area contributed by atoms with Gasteiger partial charge in [0.2, 0.25) is 0 Å². The van der Waals surface area contributed by atoms with Gasteiger partial charge in [0.05, 0.1) is 0 Å². The van der Waals surface area contributed by atoms with Crippen molar-refractivity contribution in [1.82, 2.24) is 10.6 Å². The van der Waals surface area contributed by atoms with Crippen molar-refractivity contribution in [3.8, 4) is 0 Å². The lowest BCUT2D eigenvalue weighted by Crippen LogP contribution is -2.50. The van der Waals surface area contributed by atoms with Crippen LogP contribution in [0.4, 0.5) is 4.79 Å². The summed E-state index contributed by atoms with van der Waals surface area (Å²) in [5.74, 6) is -0.320. The van der Waals surface area contributed by atoms with E-state index in [4.69, 9.17) is 9.84 Å². The summed E-state index contributed by atoms with van der Waals surface area (Å²) in [7, 11) is 1.50. The van der Waals surface area contributed by atoms with Crippen molar-refractivity contribution in [2.75, 3.05) is 13.7 Å². The first-order valence-corrected chi connectivity index (χ1v) is 6.81. The Hall–Kier alpha value is -1.30. The fourth-order valence-corrected chi connectivity index (χ4v) is 2.28. The number of amides is 2. The molecular formula is C13H24N2O4. The fraction of sp³-hybridized carbons (Fsp3) is 0.846. The van der Waals surface area contributed by atoms with Gasteiger partial charge in [-0.15, -0.1) is 0 Å². The van der Waals surface area contributed by atoms with Crippen LogP contribution in [-0.4, -0.2) is 42.9 Å². The quantitative estimate of drug-likeness (QED) is 0.681. The van der Waals surface area contributed by atoms with Gasteiger partial charge in [-0.05, 0) is 31.6 Å². The third-order valence-corrected chi connectivity index (χ3v) is 3.57. The molecule has 0 radical (unpaired) electrons. The lowest BCUT2D eigenvalue weighted by molar-refractivity contribution is -0.139. The summed E-state index contributed by atoms with van der Waals surface area (Å²) in [6.45, 7) is 2.51. The van der Waals surface area contributed by atoms with Gasteiger partial charge < -0.3 is 20.5 Å². The number of hydrogen-bond acceptors (Lipinski definition) is 3. The zero-order valence-corrected chi connectivity index (χ0v) is 11.6. The molecule has 3 N–H and O–H groups in total. The Labute approximate surface area is 113 Å². The van der Waals surface area contributed by atoms with Gasteiger partial charge in [-0.1, -0.05) is 6.92 Å². The molecule has 1 aliphatic rings. The highest BCUT2D eigenvalue weighted by molar-refractivity contribution is 5.82. The largest absolute Gasteiger partial charge is 0.480 e. The molecule has 0 aliphatic heterocycles. The lowest BCUT2D eigenvalue weighted by Gasteiger charge is -2.27. The van der Waals surface area contributed by atoms with E-state index in [1.54, 1.807) is 0 Å². The first kappa shape index (κ1) is 15.8. The molecule has 1 unspecified atom stereocenters. The molecule has 2 amide bonds. The molecule has 0 spiro atoms. The number of rotatable bonds is 6. The maximum atomic E-state index is 11.7. The Bertz CT molecular complexity index is 301. The van der Waals surface area contributed by atoms with E-state index < -0.39 is 18.0 Å². The number of carboxylic acid groups (broad SMARTS) is 1. The first-order valence-electron chi connectivity index (χ1n) is 6.81. The summed E-state index contributed by atoms with van der Waals surface area (Å²) < 4.78 is 4.83. The maximum Gasteiger partial charge on any atom is 0.326 e. The highest BCUT2D eigenvalue weighted by atomic mass is 16.5. The van der Waals surface area contributed by atoms with Crippen LogP contribution >= 0.6 is 0 Å². The molecule has 1 fully saturated rings. The molecule has 6 nitrogen and oxygen atoms in total. The zero-order chi connectivity index (χ0) is 14.3. The number of nitrogens with one attached hydrogen (secondary N) is 2. The second-order valence-electron chi connectivity index (χ2n) is 5.25. The van der Waals surface area contributed by atoms with E-state index in [0.29, 0.717) is 6.61 Å². The van der Waals surface area contributed by atoms with E-state index in [0.717, 1.165) is 31.6 Å². The molecule has 1 atom stereocenters. The normalized spacial score (nSPS) is 24.5. The molecule has 19 heavy (non-hydrogen) atoms. The van der Waals surface area contributed by atoms with Crippen LogP contribution in [0.2, 0.25) is 0 Å². The average molecular weight is 272 g/mol. The SMILES string of the molecule is COCCC(NC(=O)NC1CCC(C)CC1)C(=O)O. The van der Waals surface area contributed by atoms with Crippen LogP contribution in [-0.2, 0) is 9.53 Å². The molecule has 0 heterocycles. The Morgan fingerprint density at radius 2 is 1.95 bits per heavy atom. The Kier molecular flexibility index (Phi) is 6.62. The zero-order valence-electron chi connectivity index (χ0n) is 11.6. The van der Waals surface area contributed by atoms with Crippen LogP contribution in [0.25, 0.3) is 0 Å². The molecule has 0 aromatic rings. The van der Waals surface area contributed by atoms with E-state index in [-0.39, 0.29) is 12.5 Å². The van der Waals surface area contributed by atoms with Gasteiger partial charge in [-0.2, -0.15) is 0 Å². The number of hydrogen-bond donors (Lipinski definition) is 3. The molecular weight excluding hydrogens is 248 g/mol. The average Bonchev–Trinajstić information content (AvgIpc) is 2.37. The fourth-order valence-electron chi connectivity index (χ4n) is 2.28. The molecule has 0 bridgehead atoms. The first-order chi connectivity index (χ1) is 9.02. The Balaban J connectivity index is 2.33. The number of methoxy groups -OCH3 is 1. The van der Waals surface area contributed by atoms with Crippen molar-refractivity contribution in [2.24, 2.45) is 5.92 Å². The summed E-state index contributed by atoms with van der Waals surface area (Å²) in [5, 5.41) is 14.3. The van der Waals surface area contributed by atoms with Crippen LogP contribution < -0.4 is 10.6 Å². The number of aliphatic carboxylic acids is 1. The van der Waals surface area contributed by atoms with E-state index in [9.17, 15) is 9.59 Å². The highest BCUT2D eigenvalue weighted by Crippen LogP contribution is 2.23. The summed E-state index contributed by atoms with van der Waals surface area (Å²) in [6, 6.07) is -1.14. The molecule has 110 valence electrons. The third kappa shape index (κ3) is 5.92. The van der Waals surface area contributed by atoms with E-state index in [1.807, 2.05) is 0 Å². The van der Waals surface area contributed by atoms with Crippen LogP contribution in [0, 0.1) is 5.92 Å². The predicted molar refractivity (Wildman–Crippen MR) is 71.0 cm³/mol. The maximum absolute atomic E-state index is 11.7. The lowest BCUT2D eigenvalue weighted by atomic mass is 9.87. The molecule has 0 saturated heterocycles. The topological polar surface area (TPSA) is 87.7 Å². The second kappa shape index (κ2) is 7.99. The van der Waals surface area contributed by atoms with Crippen molar-refractivity contribution in [3.05, 3.63) is 0 Å². The van der Waals surface area contributed by atoms with Crippen LogP contribution in [0.3, 0.4) is 0 Å². The number of carbonyl (C=O) groups is 2. The molecule has 6 heteroatoms. The Morgan fingerprint density at radius 1 is 1.32 bits per heavy atom. The van der Waals surface area contributed by atoms with Gasteiger partial charge in [0.15, 0.2) is 0 Å². The minimum Gasteiger partial charge on any atom is -0.480 e. The monoisotopic (exact) mass is 272 g/mol. The molecule has 1 aliphatic carbocycles. The van der Waals surface area contributed by atoms with E-state index in [1.165, 1.54) is 7.11 Å². The molecule has 0 aromatic carbocycles. The standard InChI is InChI=1S/C13H24N2O4/c1-9-3-5-10(6-4-9)14-13(18)15-11(12(16)17)7-8-19-2/h9-11H,3-8H2,1-2H3,(H,16,17)(H2,14,15,18). The van der Waals surface area contributed by atoms with Crippen LogP contribution in [0.15, 0.2) is 0 Å². The molecule has 1 saturated carbocycles. The number of carbonyl (C=O) groups excluding carboxylic acids is 1. The summed E-state index contributed by atoms with van der Waals surface area (Å²) in [6.07, 6.45) is 4.41. The van der Waals surface area contributed by atoms with Gasteiger partial charge in [0, 0.05) is 26.2 Å². The van der Waals surface area contributed by atoms with Gasteiger partial charge in [0.1, 0.15) is 6.04 Å². The van der Waals surface area contributed by atoms with Crippen LogP contribution in [0.1, 0.15) is 39.0 Å². The van der Waals surface area contributed by atoms with Gasteiger partial charge >= 0.3 is 12.0 Å². The number of urea groups is 1. The molecule has 1 rings (SSSR count). The Morgan fingerprint density at radius 3 is 2.47 bits per heavy atom. The predicted octanol–water partition coefficient (Wildman–Crippen LogP) is 1.35. The minimum absolute atomic E-state index is 0.160. The van der Waals surface area contributed by atoms with Crippen molar-refractivity contribution in [1.29, 1.82) is 0 Å². The number of ether oxygens (including phenoxy) is 1. The summed E-state index contributed by atoms with van der Waals surface area (Å²) in [4.78, 5) is 22.7. The van der Waals surface area contributed by atoms with Crippen molar-refractivity contribution >= 4 is 12.0 Å². The van der Waals surface area contributed by atoms with Crippen molar-refractivity contribution < 1.29 is 19.4 Å². The third-order valence-electron chi connectivity index (χ3n) is 3.57. The van der Waals surface area contributed by atoms with E-state index in [2.05, 4.69) is 17.6 Å². The van der Waals surface area contributed by atoms with E-state index >= 15 is 0 Å². The molecule has 0 aromatic heterocycles. The number of carboxylic acids is 1. The van der Waals surface area contributed by atoms with Crippen molar-refractivity contribution in [2.45, 2.75) is 51.1 Å². The van der Waals surface area contributed by atoms with Crippen LogP contribution in [0.5, 0.6) is 0 Å².